The lowest BCUT2D eigenvalue weighted by molar-refractivity contribution is 0.426. The van der Waals surface area contributed by atoms with Gasteiger partial charge in [0.05, 0.1) is 0 Å². The SMILES string of the molecule is Brc1cccc2c1ccc1ccccc12.OB(O)c1c2ccccc2c(-c2ccc3cc(-c4ccccc4)ccc3c2)c2ccccc12.c1ccc(-c2ccc3cc(-c4c5ccccc5c(-c5cccc6c5ccc5ccccc56)c5ccccc45)ccc3c2)cc1. The van der Waals surface area contributed by atoms with E-state index in [1.54, 1.807) is 0 Å². The lowest BCUT2D eigenvalue weighted by Gasteiger charge is -2.19. The van der Waals surface area contributed by atoms with Gasteiger partial charge in [0.15, 0.2) is 0 Å². The third kappa shape index (κ3) is 10.2. The molecule has 18 rings (SSSR count). The fourth-order valence-corrected chi connectivity index (χ4v) is 14.7. The number of rotatable bonds is 6. The van der Waals surface area contributed by atoms with E-state index in [9.17, 15) is 10.0 Å². The van der Waals surface area contributed by atoms with Gasteiger partial charge in [0.1, 0.15) is 0 Å². The molecule has 0 bridgehead atoms. The molecule has 0 aliphatic carbocycles. The number of hydrogen-bond donors (Lipinski definition) is 2. The van der Waals surface area contributed by atoms with Gasteiger partial charge in [-0.15, -0.1) is 0 Å². The molecule has 0 amide bonds. The van der Waals surface area contributed by atoms with Crippen molar-refractivity contribution < 1.29 is 10.0 Å². The average molecular weight is 1240 g/mol. The van der Waals surface area contributed by atoms with E-state index in [1.165, 1.54) is 131 Å². The van der Waals surface area contributed by atoms with E-state index in [2.05, 4.69) is 313 Å². The maximum absolute atomic E-state index is 10.2. The van der Waals surface area contributed by atoms with Crippen molar-refractivity contribution in [3.63, 3.8) is 0 Å². The summed E-state index contributed by atoms with van der Waals surface area (Å²) in [6.45, 7) is 0. The fourth-order valence-electron chi connectivity index (χ4n) is 14.2. The summed E-state index contributed by atoms with van der Waals surface area (Å²) in [5, 5.41) is 44.5. The molecule has 432 valence electrons. The molecule has 18 aromatic rings. The van der Waals surface area contributed by atoms with Gasteiger partial charge in [-0.25, -0.2) is 0 Å². The lowest BCUT2D eigenvalue weighted by Crippen LogP contribution is -2.31. The lowest BCUT2D eigenvalue weighted by atomic mass is 9.72. The fraction of sp³-hybridized carbons (Fsp3) is 0. The smallest absolute Gasteiger partial charge is 0.423 e. The van der Waals surface area contributed by atoms with Crippen molar-refractivity contribution in [1.29, 1.82) is 0 Å². The van der Waals surface area contributed by atoms with Gasteiger partial charge < -0.3 is 10.0 Å². The van der Waals surface area contributed by atoms with E-state index in [4.69, 9.17) is 0 Å². The molecule has 92 heavy (non-hydrogen) atoms. The number of halogens is 1. The molecular formula is C88H58BBrO2. The summed E-state index contributed by atoms with van der Waals surface area (Å²) in [6.07, 6.45) is 0. The van der Waals surface area contributed by atoms with E-state index in [0.717, 1.165) is 37.1 Å². The van der Waals surface area contributed by atoms with E-state index < -0.39 is 7.12 Å². The molecular weight excluding hydrogens is 1180 g/mol. The molecule has 0 unspecified atom stereocenters. The topological polar surface area (TPSA) is 40.5 Å². The average Bonchev–Trinajstić information content (AvgIpc) is 0.746. The highest BCUT2D eigenvalue weighted by atomic mass is 79.9. The van der Waals surface area contributed by atoms with E-state index in [1.807, 2.05) is 42.5 Å². The maximum Gasteiger partial charge on any atom is 0.489 e. The third-order valence-electron chi connectivity index (χ3n) is 18.4. The van der Waals surface area contributed by atoms with E-state index in [-0.39, 0.29) is 0 Å². The first kappa shape index (κ1) is 56.3. The van der Waals surface area contributed by atoms with Gasteiger partial charge in [0.25, 0.3) is 0 Å². The zero-order chi connectivity index (χ0) is 61.7. The Morgan fingerprint density at radius 2 is 0.511 bits per heavy atom. The van der Waals surface area contributed by atoms with Crippen LogP contribution in [0.1, 0.15) is 0 Å². The second kappa shape index (κ2) is 24.1. The highest BCUT2D eigenvalue weighted by Crippen LogP contribution is 2.47. The summed E-state index contributed by atoms with van der Waals surface area (Å²) < 4.78 is 1.16. The Kier molecular flexibility index (Phi) is 14.7. The minimum absolute atomic E-state index is 0.554. The molecule has 0 fully saturated rings. The Bertz CT molecular complexity index is 5770. The van der Waals surface area contributed by atoms with Gasteiger partial charge >= 0.3 is 7.12 Å². The number of hydrogen-bond acceptors (Lipinski definition) is 2. The van der Waals surface area contributed by atoms with Crippen molar-refractivity contribution >= 4 is 136 Å². The first-order valence-corrected chi connectivity index (χ1v) is 32.1. The van der Waals surface area contributed by atoms with Crippen LogP contribution >= 0.6 is 15.9 Å². The molecule has 18 aromatic carbocycles. The Morgan fingerprint density at radius 3 is 0.957 bits per heavy atom. The summed E-state index contributed by atoms with van der Waals surface area (Å²) in [6, 6.07) is 121. The standard InChI is InChI=1S/C44H28.C30H21BO2.C14H9Br/c1-2-11-29(12-3-1)31-21-22-33-28-34(24-23-32(33)27-31)43-39-15-6-8-17-41(39)44(42-18-9-7-16-40(42)43)38-20-10-19-36-35-14-5-4-13-30(35)25-26-37(36)38;32-31(33)30-27-12-6-4-10-25(27)29(26-11-5-7-13-28(26)30)24-17-16-22-18-21(14-15-23(22)19-24)20-8-2-1-3-9-20;15-14-7-3-6-12-11-5-2-1-4-10(11)8-9-13(12)14/h1-28H;1-19,32-33H;1-9H. The molecule has 0 radical (unpaired) electrons. The summed E-state index contributed by atoms with van der Waals surface area (Å²) in [4.78, 5) is 0. The Morgan fingerprint density at radius 1 is 0.196 bits per heavy atom. The van der Waals surface area contributed by atoms with Crippen LogP contribution in [0.5, 0.6) is 0 Å². The quantitative estimate of drug-likeness (QED) is 0.0990. The summed E-state index contributed by atoms with van der Waals surface area (Å²) in [7, 11) is -1.54. The molecule has 0 spiro atoms. The molecule has 4 heteroatoms. The number of benzene rings is 18. The van der Waals surface area contributed by atoms with Crippen LogP contribution in [-0.2, 0) is 0 Å². The molecule has 0 heterocycles. The molecule has 2 nitrogen and oxygen atoms in total. The largest absolute Gasteiger partial charge is 0.489 e. The molecule has 0 aliphatic heterocycles. The highest BCUT2D eigenvalue weighted by molar-refractivity contribution is 9.10. The molecule has 0 aliphatic rings. The molecule has 0 atom stereocenters. The van der Waals surface area contributed by atoms with Crippen LogP contribution in [0.2, 0.25) is 0 Å². The van der Waals surface area contributed by atoms with Crippen molar-refractivity contribution in [2.75, 3.05) is 0 Å². The molecule has 0 saturated heterocycles. The van der Waals surface area contributed by atoms with Crippen molar-refractivity contribution in [3.8, 4) is 55.6 Å². The normalized spacial score (nSPS) is 11.4. The van der Waals surface area contributed by atoms with Crippen molar-refractivity contribution in [1.82, 2.24) is 0 Å². The zero-order valence-corrected chi connectivity index (χ0v) is 51.8. The molecule has 0 saturated carbocycles. The Balaban J connectivity index is 0.000000123. The molecule has 0 aromatic heterocycles. The van der Waals surface area contributed by atoms with Crippen LogP contribution < -0.4 is 5.46 Å². The first-order chi connectivity index (χ1) is 45.4. The van der Waals surface area contributed by atoms with Gasteiger partial charge in [0.2, 0.25) is 0 Å². The minimum Gasteiger partial charge on any atom is -0.423 e. The first-order valence-electron chi connectivity index (χ1n) is 31.3. The monoisotopic (exact) mass is 1240 g/mol. The highest BCUT2D eigenvalue weighted by Gasteiger charge is 2.23. The van der Waals surface area contributed by atoms with Crippen molar-refractivity contribution in [2.45, 2.75) is 0 Å². The minimum atomic E-state index is -1.54. The second-order valence-corrected chi connectivity index (χ2v) is 24.5. The summed E-state index contributed by atoms with van der Waals surface area (Å²) in [5.74, 6) is 0. The predicted molar refractivity (Wildman–Crippen MR) is 399 cm³/mol. The van der Waals surface area contributed by atoms with E-state index in [0.29, 0.717) is 5.46 Å². The maximum atomic E-state index is 10.2. The van der Waals surface area contributed by atoms with Crippen LogP contribution in [0.25, 0.3) is 163 Å². The molecule has 2 N–H and O–H groups in total. The van der Waals surface area contributed by atoms with Crippen LogP contribution in [0, 0.1) is 0 Å². The van der Waals surface area contributed by atoms with Crippen molar-refractivity contribution in [2.24, 2.45) is 0 Å². The Labute approximate surface area is 542 Å². The summed E-state index contributed by atoms with van der Waals surface area (Å²) in [5.41, 5.74) is 12.8. The van der Waals surface area contributed by atoms with Gasteiger partial charge in [-0.1, -0.05) is 325 Å². The van der Waals surface area contributed by atoms with Crippen LogP contribution in [0.4, 0.5) is 0 Å². The van der Waals surface area contributed by atoms with E-state index >= 15 is 0 Å². The third-order valence-corrected chi connectivity index (χ3v) is 19.1. The Hall–Kier alpha value is -11.0. The van der Waals surface area contributed by atoms with Crippen LogP contribution in [0.15, 0.2) is 344 Å². The predicted octanol–water partition coefficient (Wildman–Crippen LogP) is 23.4. The zero-order valence-electron chi connectivity index (χ0n) is 50.2. The van der Waals surface area contributed by atoms with Crippen molar-refractivity contribution in [3.05, 3.63) is 344 Å². The second-order valence-electron chi connectivity index (χ2n) is 23.7. The van der Waals surface area contributed by atoms with Gasteiger partial charge in [-0.2, -0.15) is 0 Å². The van der Waals surface area contributed by atoms with Crippen LogP contribution in [-0.4, -0.2) is 17.2 Å². The van der Waals surface area contributed by atoms with Gasteiger partial charge in [-0.3, -0.25) is 0 Å². The number of fused-ring (bicyclic) bond motifs is 12. The van der Waals surface area contributed by atoms with Gasteiger partial charge in [-0.05, 0) is 199 Å². The van der Waals surface area contributed by atoms with Gasteiger partial charge in [0, 0.05) is 4.47 Å². The van der Waals surface area contributed by atoms with Crippen LogP contribution in [0.3, 0.4) is 0 Å². The summed E-state index contributed by atoms with van der Waals surface area (Å²) >= 11 is 3.58.